The van der Waals surface area contributed by atoms with Crippen LogP contribution in [0.4, 0.5) is 0 Å². The molecule has 1 saturated heterocycles. The van der Waals surface area contributed by atoms with Crippen LogP contribution in [0.25, 0.3) is 0 Å². The Kier molecular flexibility index (Phi) is 5.39. The van der Waals surface area contributed by atoms with Crippen molar-refractivity contribution in [2.24, 2.45) is 45.3 Å². The van der Waals surface area contributed by atoms with Crippen molar-refractivity contribution < 1.29 is 19.4 Å². The third kappa shape index (κ3) is 2.99. The predicted octanol–water partition coefficient (Wildman–Crippen LogP) is 6.03. The molecule has 1 unspecified atom stereocenters. The molecule has 0 radical (unpaired) electrons. The zero-order valence-electron chi connectivity index (χ0n) is 22.2. The van der Waals surface area contributed by atoms with Crippen LogP contribution in [-0.2, 0) is 14.3 Å². The first kappa shape index (κ1) is 24.3. The fourth-order valence-corrected chi connectivity index (χ4v) is 9.72. The molecule has 9 atom stereocenters. The highest BCUT2D eigenvalue weighted by molar-refractivity contribution is 5.95. The maximum atomic E-state index is 13.8. The van der Waals surface area contributed by atoms with Crippen molar-refractivity contribution in [3.05, 3.63) is 23.3 Å². The Morgan fingerprint density at radius 3 is 2.50 bits per heavy atom. The largest absolute Gasteiger partial charge is 0.462 e. The first-order valence-corrected chi connectivity index (χ1v) is 13.6. The summed E-state index contributed by atoms with van der Waals surface area (Å²) in [4.78, 5) is 26.7. The average molecular weight is 469 g/mol. The smallest absolute Gasteiger partial charge is 0.309 e. The van der Waals surface area contributed by atoms with E-state index in [1.807, 2.05) is 6.08 Å². The summed E-state index contributed by atoms with van der Waals surface area (Å²) in [6, 6.07) is 0. The second kappa shape index (κ2) is 7.54. The number of esters is 1. The van der Waals surface area contributed by atoms with Crippen LogP contribution in [0.5, 0.6) is 0 Å². The quantitative estimate of drug-likeness (QED) is 0.406. The highest BCUT2D eigenvalue weighted by Gasteiger charge is 2.71. The van der Waals surface area contributed by atoms with Gasteiger partial charge in [0.1, 0.15) is 6.10 Å². The van der Waals surface area contributed by atoms with E-state index >= 15 is 0 Å². The molecule has 5 rings (SSSR count). The van der Waals surface area contributed by atoms with E-state index in [-0.39, 0.29) is 51.9 Å². The van der Waals surface area contributed by atoms with E-state index in [4.69, 9.17) is 4.74 Å². The number of ether oxygens (including phenoxy) is 1. The summed E-state index contributed by atoms with van der Waals surface area (Å²) in [5.74, 6) is 0.599. The topological polar surface area (TPSA) is 63.6 Å². The highest BCUT2D eigenvalue weighted by atomic mass is 16.6. The normalized spacial score (nSPS) is 48.8. The molecule has 4 nitrogen and oxygen atoms in total. The molecule has 0 spiro atoms. The Hall–Kier alpha value is -1.42. The molecule has 5 aliphatic rings. The van der Waals surface area contributed by atoms with E-state index in [1.165, 1.54) is 11.1 Å². The summed E-state index contributed by atoms with van der Waals surface area (Å²) in [5.41, 5.74) is 1.90. The molecule has 0 aromatic carbocycles. The number of hydrogen-bond acceptors (Lipinski definition) is 4. The lowest BCUT2D eigenvalue weighted by molar-refractivity contribution is -0.158. The second-order valence-corrected chi connectivity index (χ2v) is 13.8. The van der Waals surface area contributed by atoms with Crippen LogP contribution >= 0.6 is 0 Å². The SMILES string of the molecule is CC(C)=CCCC1C(=O)O[C@H]2C[C@]3(C)C4=CC(=O)[C@H]5C(C)(C)[C@H](O)CC[C@]5(C)[C@H]4CC[C@@]3(C)[C@H]12. The van der Waals surface area contributed by atoms with Crippen LogP contribution in [0, 0.1) is 45.3 Å². The Bertz CT molecular complexity index is 970. The molecule has 1 N–H and O–H groups in total. The van der Waals surface area contributed by atoms with Gasteiger partial charge in [0.05, 0.1) is 12.0 Å². The Morgan fingerprint density at radius 2 is 1.82 bits per heavy atom. The summed E-state index contributed by atoms with van der Waals surface area (Å²) in [7, 11) is 0. The molecule has 0 aromatic heterocycles. The molecule has 3 saturated carbocycles. The molecular weight excluding hydrogens is 424 g/mol. The van der Waals surface area contributed by atoms with Gasteiger partial charge in [-0.2, -0.15) is 0 Å². The van der Waals surface area contributed by atoms with Gasteiger partial charge in [-0.05, 0) is 87.0 Å². The molecule has 0 aromatic rings. The van der Waals surface area contributed by atoms with Gasteiger partial charge in [0.25, 0.3) is 0 Å². The van der Waals surface area contributed by atoms with Gasteiger partial charge in [-0.3, -0.25) is 9.59 Å². The van der Waals surface area contributed by atoms with Crippen LogP contribution in [0.2, 0.25) is 0 Å². The summed E-state index contributed by atoms with van der Waals surface area (Å²) in [6.07, 6.45) is 10.2. The second-order valence-electron chi connectivity index (χ2n) is 13.8. The first-order valence-electron chi connectivity index (χ1n) is 13.6. The fourth-order valence-electron chi connectivity index (χ4n) is 9.72. The van der Waals surface area contributed by atoms with Crippen molar-refractivity contribution in [1.82, 2.24) is 0 Å². The van der Waals surface area contributed by atoms with Crippen LogP contribution in [0.15, 0.2) is 23.3 Å². The molecule has 188 valence electrons. The van der Waals surface area contributed by atoms with Gasteiger partial charge < -0.3 is 9.84 Å². The average Bonchev–Trinajstić information content (AvgIpc) is 3.15. The number of allylic oxidation sites excluding steroid dienone is 4. The van der Waals surface area contributed by atoms with E-state index in [0.717, 1.165) is 44.9 Å². The molecule has 4 fully saturated rings. The fraction of sp³-hybridized carbons (Fsp3) is 0.800. The molecule has 1 aliphatic heterocycles. The van der Waals surface area contributed by atoms with E-state index in [1.54, 1.807) is 0 Å². The number of fused-ring (bicyclic) bond motifs is 7. The first-order chi connectivity index (χ1) is 15.8. The summed E-state index contributed by atoms with van der Waals surface area (Å²) in [5, 5.41) is 10.8. The zero-order valence-corrected chi connectivity index (χ0v) is 22.2. The van der Waals surface area contributed by atoms with Crippen molar-refractivity contribution in [3.8, 4) is 0 Å². The standard InChI is InChI=1S/C30H44O4/c1-17(2)9-8-10-18-24-22(34-26(18)33)16-30(7)20-15-21(31)25-27(3,4)23(32)12-13-28(25,5)19(20)11-14-29(24,30)6/h9,15,18-19,22-25,32H,8,10-14,16H2,1-7H3/t18?,19-,22-,23+,24+,25-,28+,29-,30+/m0/s1. The van der Waals surface area contributed by atoms with Crippen LogP contribution < -0.4 is 0 Å². The van der Waals surface area contributed by atoms with Gasteiger partial charge in [0, 0.05) is 17.3 Å². The molecular formula is C30H44O4. The minimum atomic E-state index is -0.430. The summed E-state index contributed by atoms with van der Waals surface area (Å²) < 4.78 is 6.06. The van der Waals surface area contributed by atoms with Crippen molar-refractivity contribution in [3.63, 3.8) is 0 Å². The third-order valence-corrected chi connectivity index (χ3v) is 11.6. The Labute approximate surface area is 205 Å². The lowest BCUT2D eigenvalue weighted by Gasteiger charge is -2.63. The number of rotatable bonds is 3. The van der Waals surface area contributed by atoms with Crippen LogP contribution in [0.1, 0.15) is 93.4 Å². The lowest BCUT2D eigenvalue weighted by atomic mass is 9.40. The number of aliphatic hydroxyl groups excluding tert-OH is 1. The molecule has 4 heteroatoms. The molecule has 4 aliphatic carbocycles. The lowest BCUT2D eigenvalue weighted by Crippen LogP contribution is -2.60. The number of carbonyl (C=O) groups is 2. The minimum Gasteiger partial charge on any atom is -0.462 e. The Morgan fingerprint density at radius 1 is 1.12 bits per heavy atom. The Balaban J connectivity index is 1.53. The minimum absolute atomic E-state index is 0.00806. The van der Waals surface area contributed by atoms with E-state index in [9.17, 15) is 14.7 Å². The summed E-state index contributed by atoms with van der Waals surface area (Å²) >= 11 is 0. The van der Waals surface area contributed by atoms with Gasteiger partial charge in [0.15, 0.2) is 5.78 Å². The van der Waals surface area contributed by atoms with E-state index < -0.39 is 11.5 Å². The molecule has 34 heavy (non-hydrogen) atoms. The number of ketones is 1. The molecule has 1 heterocycles. The van der Waals surface area contributed by atoms with E-state index in [2.05, 4.69) is 54.5 Å². The highest BCUT2D eigenvalue weighted by Crippen LogP contribution is 2.74. The van der Waals surface area contributed by atoms with Crippen LogP contribution in [0.3, 0.4) is 0 Å². The zero-order chi connectivity index (χ0) is 24.8. The van der Waals surface area contributed by atoms with Gasteiger partial charge in [-0.1, -0.05) is 51.8 Å². The van der Waals surface area contributed by atoms with Gasteiger partial charge in [-0.25, -0.2) is 0 Å². The predicted molar refractivity (Wildman–Crippen MR) is 133 cm³/mol. The maximum Gasteiger partial charge on any atom is 0.309 e. The molecule has 0 bridgehead atoms. The van der Waals surface area contributed by atoms with Crippen molar-refractivity contribution in [1.29, 1.82) is 0 Å². The number of hydrogen-bond donors (Lipinski definition) is 1. The number of carbonyl (C=O) groups excluding carboxylic acids is 2. The summed E-state index contributed by atoms with van der Waals surface area (Å²) in [6.45, 7) is 15.5. The maximum absolute atomic E-state index is 13.8. The van der Waals surface area contributed by atoms with Crippen molar-refractivity contribution >= 4 is 11.8 Å². The van der Waals surface area contributed by atoms with Gasteiger partial charge in [-0.15, -0.1) is 0 Å². The molecule has 0 amide bonds. The number of aliphatic hydroxyl groups is 1. The third-order valence-electron chi connectivity index (χ3n) is 11.6. The van der Waals surface area contributed by atoms with E-state index in [0.29, 0.717) is 5.92 Å². The van der Waals surface area contributed by atoms with Gasteiger partial charge in [0.2, 0.25) is 0 Å². The van der Waals surface area contributed by atoms with Crippen molar-refractivity contribution in [2.45, 2.75) is 106 Å². The van der Waals surface area contributed by atoms with Gasteiger partial charge >= 0.3 is 5.97 Å². The monoisotopic (exact) mass is 468 g/mol. The van der Waals surface area contributed by atoms with Crippen molar-refractivity contribution in [2.75, 3.05) is 0 Å². The van der Waals surface area contributed by atoms with Crippen LogP contribution in [-0.4, -0.2) is 29.1 Å².